The Hall–Kier alpha value is -0.590. The summed E-state index contributed by atoms with van der Waals surface area (Å²) in [6, 6.07) is 1.97. The molecular formula is C13H23NO2. The number of hydrogen-bond acceptors (Lipinski definition) is 3. The average molecular weight is 225 g/mol. The molecule has 0 spiro atoms. The lowest BCUT2D eigenvalue weighted by molar-refractivity contribution is 0.00970. The first-order valence-corrected chi connectivity index (χ1v) is 6.50. The van der Waals surface area contributed by atoms with Crippen LogP contribution in [-0.4, -0.2) is 25.9 Å². The van der Waals surface area contributed by atoms with E-state index in [4.69, 9.17) is 14.7 Å². The minimum absolute atomic E-state index is 0.232. The van der Waals surface area contributed by atoms with Crippen LogP contribution in [-0.2, 0) is 9.47 Å². The van der Waals surface area contributed by atoms with E-state index in [1.165, 1.54) is 44.9 Å². The summed E-state index contributed by atoms with van der Waals surface area (Å²) in [6.07, 6.45) is 10.4. The molecule has 1 saturated heterocycles. The summed E-state index contributed by atoms with van der Waals surface area (Å²) < 4.78 is 10.8. The van der Waals surface area contributed by atoms with E-state index in [0.717, 1.165) is 19.6 Å². The number of nitrogens with zero attached hydrogens (tertiary/aromatic N) is 1. The minimum atomic E-state index is 0.232. The fourth-order valence-electron chi connectivity index (χ4n) is 2.08. The van der Waals surface area contributed by atoms with E-state index in [9.17, 15) is 0 Å². The van der Waals surface area contributed by atoms with Gasteiger partial charge in [-0.15, -0.1) is 0 Å². The molecule has 1 atom stereocenters. The molecule has 0 radical (unpaired) electrons. The first kappa shape index (κ1) is 13.5. The van der Waals surface area contributed by atoms with Gasteiger partial charge in [0, 0.05) is 13.2 Å². The number of nitriles is 1. The van der Waals surface area contributed by atoms with Crippen molar-refractivity contribution in [2.24, 2.45) is 0 Å². The van der Waals surface area contributed by atoms with Crippen LogP contribution < -0.4 is 0 Å². The largest absolute Gasteiger partial charge is 0.378 e. The average Bonchev–Trinajstić information content (AvgIpc) is 2.34. The number of unbranched alkanes of at least 4 members (excludes halogenated alkanes) is 3. The van der Waals surface area contributed by atoms with Gasteiger partial charge in [0.1, 0.15) is 6.61 Å². The van der Waals surface area contributed by atoms with E-state index in [-0.39, 0.29) is 6.61 Å². The summed E-state index contributed by atoms with van der Waals surface area (Å²) in [4.78, 5) is 0. The van der Waals surface area contributed by atoms with Crippen molar-refractivity contribution in [3.05, 3.63) is 0 Å². The van der Waals surface area contributed by atoms with Crippen LogP contribution in [0.3, 0.4) is 0 Å². The fourth-order valence-corrected chi connectivity index (χ4v) is 2.08. The molecule has 16 heavy (non-hydrogen) atoms. The zero-order valence-corrected chi connectivity index (χ0v) is 10.1. The highest BCUT2D eigenvalue weighted by atomic mass is 16.5. The Kier molecular flexibility index (Phi) is 8.10. The van der Waals surface area contributed by atoms with Gasteiger partial charge in [0.05, 0.1) is 12.2 Å². The lowest BCUT2D eigenvalue weighted by Crippen LogP contribution is -2.18. The van der Waals surface area contributed by atoms with Crippen LogP contribution in [0.25, 0.3) is 0 Å². The topological polar surface area (TPSA) is 42.2 Å². The Morgan fingerprint density at radius 1 is 1.19 bits per heavy atom. The molecule has 0 N–H and O–H groups in total. The van der Waals surface area contributed by atoms with Gasteiger partial charge in [0.25, 0.3) is 0 Å². The highest BCUT2D eigenvalue weighted by molar-refractivity contribution is 4.66. The number of rotatable bonds is 8. The van der Waals surface area contributed by atoms with Gasteiger partial charge in [0.15, 0.2) is 0 Å². The monoisotopic (exact) mass is 225 g/mol. The van der Waals surface area contributed by atoms with Gasteiger partial charge in [0.2, 0.25) is 0 Å². The van der Waals surface area contributed by atoms with Crippen LogP contribution in [0.1, 0.15) is 51.4 Å². The van der Waals surface area contributed by atoms with Gasteiger partial charge < -0.3 is 9.47 Å². The lowest BCUT2D eigenvalue weighted by Gasteiger charge is -2.22. The molecule has 0 amide bonds. The second-order valence-electron chi connectivity index (χ2n) is 4.40. The summed E-state index contributed by atoms with van der Waals surface area (Å²) in [5.74, 6) is 0. The normalized spacial score (nSPS) is 20.6. The molecule has 0 aromatic heterocycles. The molecule has 1 aliphatic rings. The van der Waals surface area contributed by atoms with Gasteiger partial charge in [-0.05, 0) is 32.1 Å². The van der Waals surface area contributed by atoms with Crippen molar-refractivity contribution in [2.45, 2.75) is 57.5 Å². The zero-order chi connectivity index (χ0) is 11.5. The minimum Gasteiger partial charge on any atom is -0.378 e. The summed E-state index contributed by atoms with van der Waals surface area (Å²) in [5.41, 5.74) is 0. The number of ether oxygens (including phenoxy) is 2. The molecule has 3 nitrogen and oxygen atoms in total. The Balaban J connectivity index is 1.79. The van der Waals surface area contributed by atoms with Crippen molar-refractivity contribution in [3.8, 4) is 6.07 Å². The molecule has 1 unspecified atom stereocenters. The van der Waals surface area contributed by atoms with E-state index >= 15 is 0 Å². The summed E-state index contributed by atoms with van der Waals surface area (Å²) in [5, 5.41) is 8.26. The quantitative estimate of drug-likeness (QED) is 0.596. The first-order valence-electron chi connectivity index (χ1n) is 6.50. The standard InChI is InChI=1S/C13H23NO2/c14-9-12-15-10-5-2-1-3-7-13-8-4-6-11-16-13/h13H,1-8,10-12H2. The summed E-state index contributed by atoms with van der Waals surface area (Å²) in [6.45, 7) is 1.93. The van der Waals surface area contributed by atoms with E-state index in [1.807, 2.05) is 6.07 Å². The number of hydrogen-bond donors (Lipinski definition) is 0. The maximum Gasteiger partial charge on any atom is 0.133 e. The van der Waals surface area contributed by atoms with Gasteiger partial charge in [-0.1, -0.05) is 19.3 Å². The summed E-state index contributed by atoms with van der Waals surface area (Å²) in [7, 11) is 0. The van der Waals surface area contributed by atoms with Crippen molar-refractivity contribution in [2.75, 3.05) is 19.8 Å². The third kappa shape index (κ3) is 6.81. The van der Waals surface area contributed by atoms with Crippen molar-refractivity contribution < 1.29 is 9.47 Å². The van der Waals surface area contributed by atoms with E-state index in [1.54, 1.807) is 0 Å². The highest BCUT2D eigenvalue weighted by Gasteiger charge is 2.12. The second kappa shape index (κ2) is 9.62. The molecule has 1 heterocycles. The van der Waals surface area contributed by atoms with Crippen LogP contribution in [0.2, 0.25) is 0 Å². The molecule has 1 fully saturated rings. The van der Waals surface area contributed by atoms with E-state index < -0.39 is 0 Å². The fraction of sp³-hybridized carbons (Fsp3) is 0.923. The van der Waals surface area contributed by atoms with Crippen molar-refractivity contribution in [1.82, 2.24) is 0 Å². The summed E-state index contributed by atoms with van der Waals surface area (Å²) >= 11 is 0. The second-order valence-corrected chi connectivity index (χ2v) is 4.40. The van der Waals surface area contributed by atoms with Crippen LogP contribution in [0, 0.1) is 11.3 Å². The van der Waals surface area contributed by atoms with E-state index in [0.29, 0.717) is 6.10 Å². The Labute approximate surface area is 98.7 Å². The molecule has 3 heteroatoms. The smallest absolute Gasteiger partial charge is 0.133 e. The molecule has 0 aromatic rings. The highest BCUT2D eigenvalue weighted by Crippen LogP contribution is 2.18. The van der Waals surface area contributed by atoms with Crippen molar-refractivity contribution >= 4 is 0 Å². The van der Waals surface area contributed by atoms with Gasteiger partial charge in [-0.3, -0.25) is 0 Å². The predicted octanol–water partition coefficient (Wildman–Crippen LogP) is 3.05. The molecule has 0 bridgehead atoms. The molecule has 1 aliphatic heterocycles. The van der Waals surface area contributed by atoms with Gasteiger partial charge in [-0.25, -0.2) is 0 Å². The van der Waals surface area contributed by atoms with E-state index in [2.05, 4.69) is 0 Å². The van der Waals surface area contributed by atoms with Crippen LogP contribution in [0.5, 0.6) is 0 Å². The molecule has 0 aliphatic carbocycles. The molecule has 0 saturated carbocycles. The maximum absolute atomic E-state index is 8.26. The van der Waals surface area contributed by atoms with Crippen molar-refractivity contribution in [1.29, 1.82) is 5.26 Å². The SMILES string of the molecule is N#CCOCCCCCCC1CCCCO1. The third-order valence-electron chi connectivity index (χ3n) is 3.01. The van der Waals surface area contributed by atoms with Crippen LogP contribution >= 0.6 is 0 Å². The molecule has 92 valence electrons. The predicted molar refractivity (Wildman–Crippen MR) is 63.1 cm³/mol. The third-order valence-corrected chi connectivity index (χ3v) is 3.01. The lowest BCUT2D eigenvalue weighted by atomic mass is 10.0. The Bertz CT molecular complexity index is 195. The van der Waals surface area contributed by atoms with Gasteiger partial charge in [-0.2, -0.15) is 5.26 Å². The van der Waals surface area contributed by atoms with Gasteiger partial charge >= 0.3 is 0 Å². The van der Waals surface area contributed by atoms with Crippen LogP contribution in [0.4, 0.5) is 0 Å². The van der Waals surface area contributed by atoms with Crippen molar-refractivity contribution in [3.63, 3.8) is 0 Å². The Morgan fingerprint density at radius 3 is 2.81 bits per heavy atom. The molecule has 0 aromatic carbocycles. The maximum atomic E-state index is 8.26. The molecule has 1 rings (SSSR count). The molecular weight excluding hydrogens is 202 g/mol. The van der Waals surface area contributed by atoms with Crippen LogP contribution in [0.15, 0.2) is 0 Å². The zero-order valence-electron chi connectivity index (χ0n) is 10.1. The first-order chi connectivity index (χ1) is 7.93. The Morgan fingerprint density at radius 2 is 2.06 bits per heavy atom.